The van der Waals surface area contributed by atoms with Crippen LogP contribution >= 0.6 is 15.5 Å². The molecule has 0 atom stereocenters. The SMILES string of the molecule is COP(=O)(NCCNP(=O)(OC)OC)OC. The Labute approximate surface area is 95.2 Å². The van der Waals surface area contributed by atoms with Crippen LogP contribution in [-0.4, -0.2) is 41.5 Å². The zero-order valence-electron chi connectivity index (χ0n) is 9.76. The molecule has 0 spiro atoms. The monoisotopic (exact) mass is 276 g/mol. The molecule has 16 heavy (non-hydrogen) atoms. The van der Waals surface area contributed by atoms with Gasteiger partial charge in [-0.1, -0.05) is 0 Å². The van der Waals surface area contributed by atoms with Gasteiger partial charge in [0.1, 0.15) is 0 Å². The first-order chi connectivity index (χ1) is 7.45. The second kappa shape index (κ2) is 7.53. The van der Waals surface area contributed by atoms with Gasteiger partial charge in [0.25, 0.3) is 0 Å². The highest BCUT2D eigenvalue weighted by atomic mass is 31.2. The molecule has 2 N–H and O–H groups in total. The first kappa shape index (κ1) is 16.2. The third-order valence-electron chi connectivity index (χ3n) is 1.70. The predicted molar refractivity (Wildman–Crippen MR) is 59.3 cm³/mol. The first-order valence-electron chi connectivity index (χ1n) is 4.38. The van der Waals surface area contributed by atoms with Gasteiger partial charge in [0.2, 0.25) is 0 Å². The van der Waals surface area contributed by atoms with Gasteiger partial charge in [-0.05, 0) is 0 Å². The average molecular weight is 276 g/mol. The highest BCUT2D eigenvalue weighted by molar-refractivity contribution is 7.52. The molecule has 0 aromatic carbocycles. The average Bonchev–Trinajstić information content (AvgIpc) is 2.34. The third kappa shape index (κ3) is 5.52. The summed E-state index contributed by atoms with van der Waals surface area (Å²) in [6, 6.07) is 0. The van der Waals surface area contributed by atoms with Crippen molar-refractivity contribution in [2.24, 2.45) is 0 Å². The molecule has 0 heterocycles. The quantitative estimate of drug-likeness (QED) is 0.475. The van der Waals surface area contributed by atoms with E-state index in [1.807, 2.05) is 0 Å². The third-order valence-corrected chi connectivity index (χ3v) is 4.84. The molecule has 0 aromatic heterocycles. The maximum absolute atomic E-state index is 11.5. The summed E-state index contributed by atoms with van der Waals surface area (Å²) >= 11 is 0. The molecule has 0 fully saturated rings. The van der Waals surface area contributed by atoms with Crippen LogP contribution in [0.4, 0.5) is 0 Å². The molecule has 0 aromatic rings. The van der Waals surface area contributed by atoms with Gasteiger partial charge in [0.15, 0.2) is 0 Å². The lowest BCUT2D eigenvalue weighted by atomic mass is 10.7. The summed E-state index contributed by atoms with van der Waals surface area (Å²) in [4.78, 5) is 0. The van der Waals surface area contributed by atoms with Crippen LogP contribution in [0.15, 0.2) is 0 Å². The molecule has 0 rings (SSSR count). The van der Waals surface area contributed by atoms with E-state index < -0.39 is 15.5 Å². The Morgan fingerprint density at radius 1 is 0.750 bits per heavy atom. The van der Waals surface area contributed by atoms with Crippen LogP contribution in [0.25, 0.3) is 0 Å². The molecule has 0 unspecified atom stereocenters. The zero-order valence-corrected chi connectivity index (χ0v) is 11.5. The largest absolute Gasteiger partial charge is 0.405 e. The Hall–Kier alpha value is 0.220. The number of hydrogen-bond acceptors (Lipinski definition) is 6. The van der Waals surface area contributed by atoms with E-state index in [2.05, 4.69) is 28.3 Å². The van der Waals surface area contributed by atoms with E-state index in [0.29, 0.717) is 0 Å². The number of nitrogens with one attached hydrogen (secondary N) is 2. The van der Waals surface area contributed by atoms with E-state index >= 15 is 0 Å². The normalized spacial score (nSPS) is 13.0. The molecule has 0 aliphatic carbocycles. The molecule has 10 heteroatoms. The lowest BCUT2D eigenvalue weighted by Crippen LogP contribution is -2.25. The molecule has 0 saturated heterocycles. The van der Waals surface area contributed by atoms with Crippen LogP contribution in [0.3, 0.4) is 0 Å². The van der Waals surface area contributed by atoms with Gasteiger partial charge in [0, 0.05) is 41.5 Å². The maximum atomic E-state index is 11.5. The summed E-state index contributed by atoms with van der Waals surface area (Å²) in [5, 5.41) is 5.07. The van der Waals surface area contributed by atoms with Gasteiger partial charge >= 0.3 is 15.5 Å². The van der Waals surface area contributed by atoms with E-state index in [-0.39, 0.29) is 13.1 Å². The Bertz CT molecular complexity index is 242. The van der Waals surface area contributed by atoms with E-state index in [4.69, 9.17) is 0 Å². The molecule has 8 nitrogen and oxygen atoms in total. The van der Waals surface area contributed by atoms with Crippen molar-refractivity contribution in [2.45, 2.75) is 0 Å². The van der Waals surface area contributed by atoms with Gasteiger partial charge in [-0.3, -0.25) is 0 Å². The molecular formula is C6H18N2O6P2. The predicted octanol–water partition coefficient (Wildman–Crippen LogP) is 0.967. The Balaban J connectivity index is 3.92. The fourth-order valence-corrected chi connectivity index (χ4v) is 2.38. The summed E-state index contributed by atoms with van der Waals surface area (Å²) in [7, 11) is -1.43. The standard InChI is InChI=1S/C6H18N2O6P2/c1-11-15(9,12-2)7-5-6-8-16(10,13-3)14-4/h5-6H2,1-4H3,(H,7,9)(H,8,10). The Morgan fingerprint density at radius 2 is 1.00 bits per heavy atom. The van der Waals surface area contributed by atoms with Gasteiger partial charge in [-0.15, -0.1) is 0 Å². The fourth-order valence-electron chi connectivity index (χ4n) is 0.793. The minimum atomic E-state index is -3.24. The second-order valence-electron chi connectivity index (χ2n) is 2.54. The molecule has 0 saturated carbocycles. The van der Waals surface area contributed by atoms with Crippen LogP contribution in [0.2, 0.25) is 0 Å². The fraction of sp³-hybridized carbons (Fsp3) is 1.00. The summed E-state index contributed by atoms with van der Waals surface area (Å²) < 4.78 is 41.5. The van der Waals surface area contributed by atoms with Crippen LogP contribution in [0.5, 0.6) is 0 Å². The van der Waals surface area contributed by atoms with Crippen LogP contribution < -0.4 is 10.2 Å². The van der Waals surface area contributed by atoms with Gasteiger partial charge in [0.05, 0.1) is 0 Å². The molecule has 0 amide bonds. The summed E-state index contributed by atoms with van der Waals surface area (Å²) in [6.07, 6.45) is 0. The number of hydrogen-bond donors (Lipinski definition) is 2. The summed E-state index contributed by atoms with van der Waals surface area (Å²) in [6.45, 7) is 0.436. The Kier molecular flexibility index (Phi) is 7.63. The summed E-state index contributed by atoms with van der Waals surface area (Å²) in [5.41, 5.74) is 0. The van der Waals surface area contributed by atoms with Crippen molar-refractivity contribution in [3.05, 3.63) is 0 Å². The molecule has 0 radical (unpaired) electrons. The molecule has 98 valence electrons. The Morgan fingerprint density at radius 3 is 1.19 bits per heavy atom. The molecular weight excluding hydrogens is 258 g/mol. The van der Waals surface area contributed by atoms with Crippen molar-refractivity contribution in [3.8, 4) is 0 Å². The topological polar surface area (TPSA) is 95.1 Å². The van der Waals surface area contributed by atoms with Crippen molar-refractivity contribution in [1.29, 1.82) is 0 Å². The zero-order chi connectivity index (χ0) is 12.7. The smallest absolute Gasteiger partial charge is 0.300 e. The van der Waals surface area contributed by atoms with Crippen molar-refractivity contribution in [1.82, 2.24) is 10.2 Å². The van der Waals surface area contributed by atoms with Gasteiger partial charge < -0.3 is 18.1 Å². The maximum Gasteiger partial charge on any atom is 0.405 e. The lowest BCUT2D eigenvalue weighted by molar-refractivity contribution is 0.258. The van der Waals surface area contributed by atoms with E-state index in [9.17, 15) is 9.13 Å². The summed E-state index contributed by atoms with van der Waals surface area (Å²) in [5.74, 6) is 0. The van der Waals surface area contributed by atoms with Crippen LogP contribution in [-0.2, 0) is 27.2 Å². The van der Waals surface area contributed by atoms with E-state index in [1.165, 1.54) is 28.4 Å². The highest BCUT2D eigenvalue weighted by Gasteiger charge is 2.22. The van der Waals surface area contributed by atoms with Crippen molar-refractivity contribution in [3.63, 3.8) is 0 Å². The van der Waals surface area contributed by atoms with Crippen LogP contribution in [0, 0.1) is 0 Å². The van der Waals surface area contributed by atoms with Crippen molar-refractivity contribution in [2.75, 3.05) is 41.5 Å². The van der Waals surface area contributed by atoms with Gasteiger partial charge in [-0.2, -0.15) is 0 Å². The van der Waals surface area contributed by atoms with E-state index in [1.54, 1.807) is 0 Å². The first-order valence-corrected chi connectivity index (χ1v) is 7.47. The second-order valence-corrected chi connectivity index (χ2v) is 6.62. The lowest BCUT2D eigenvalue weighted by Gasteiger charge is -2.17. The molecule has 0 aliphatic heterocycles. The number of rotatable bonds is 9. The minimum absolute atomic E-state index is 0.218. The minimum Gasteiger partial charge on any atom is -0.300 e. The van der Waals surface area contributed by atoms with Crippen molar-refractivity contribution >= 4 is 15.5 Å². The van der Waals surface area contributed by atoms with E-state index in [0.717, 1.165) is 0 Å². The molecule has 0 aliphatic rings. The van der Waals surface area contributed by atoms with Crippen LogP contribution in [0.1, 0.15) is 0 Å². The highest BCUT2D eigenvalue weighted by Crippen LogP contribution is 2.42. The van der Waals surface area contributed by atoms with Crippen molar-refractivity contribution < 1.29 is 27.2 Å². The van der Waals surface area contributed by atoms with Gasteiger partial charge in [-0.25, -0.2) is 19.3 Å². The molecule has 0 bridgehead atoms.